The number of hydrogen-bond acceptors (Lipinski definition) is 6. The largest absolute Gasteiger partial charge is 0.381 e. The molecule has 0 aliphatic carbocycles. The lowest BCUT2D eigenvalue weighted by atomic mass is 10.3. The van der Waals surface area contributed by atoms with Crippen LogP contribution in [-0.2, 0) is 26.6 Å². The fraction of sp³-hybridized carbons (Fsp3) is 0.556. The van der Waals surface area contributed by atoms with Gasteiger partial charge in [0.15, 0.2) is 10.8 Å². The monoisotopic (exact) mass is 289 g/mol. The van der Waals surface area contributed by atoms with Crippen molar-refractivity contribution in [1.82, 2.24) is 13.9 Å². The average Bonchev–Trinajstić information content (AvgIpc) is 2.69. The molecule has 1 fully saturated rings. The van der Waals surface area contributed by atoms with Crippen LogP contribution in [0.5, 0.6) is 0 Å². The minimum Gasteiger partial charge on any atom is -0.381 e. The first-order valence-electron chi connectivity index (χ1n) is 5.51. The second kappa shape index (κ2) is 4.79. The standard InChI is InChI=1S/C9H15N5O4S/c1-13-5-12-7(10)9(13)19(16,17)14-2-3-18-4-6(14)8(11)15/h5-6H,2-4,10H2,1H3,(H2,11,15). The summed E-state index contributed by atoms with van der Waals surface area (Å²) >= 11 is 0. The number of rotatable bonds is 3. The van der Waals surface area contributed by atoms with Gasteiger partial charge in [-0.1, -0.05) is 0 Å². The number of nitrogens with two attached hydrogens (primary N) is 2. The molecule has 19 heavy (non-hydrogen) atoms. The van der Waals surface area contributed by atoms with Gasteiger partial charge in [0.25, 0.3) is 10.0 Å². The van der Waals surface area contributed by atoms with Crippen molar-refractivity contribution >= 4 is 21.7 Å². The van der Waals surface area contributed by atoms with Gasteiger partial charge in [-0.15, -0.1) is 0 Å². The Hall–Kier alpha value is -1.65. The number of nitrogens with zero attached hydrogens (tertiary/aromatic N) is 3. The first kappa shape index (κ1) is 13.8. The second-order valence-electron chi connectivity index (χ2n) is 4.15. The molecule has 1 saturated heterocycles. The number of aromatic nitrogens is 2. The van der Waals surface area contributed by atoms with Gasteiger partial charge >= 0.3 is 0 Å². The van der Waals surface area contributed by atoms with E-state index in [1.54, 1.807) is 0 Å². The normalized spacial score (nSPS) is 21.4. The molecule has 1 aromatic rings. The third-order valence-electron chi connectivity index (χ3n) is 2.87. The zero-order valence-corrected chi connectivity index (χ0v) is 11.1. The molecule has 9 nitrogen and oxygen atoms in total. The number of sulfonamides is 1. The van der Waals surface area contributed by atoms with E-state index in [2.05, 4.69) is 4.98 Å². The van der Waals surface area contributed by atoms with E-state index in [0.717, 1.165) is 4.31 Å². The Labute approximate surface area is 110 Å². The lowest BCUT2D eigenvalue weighted by Crippen LogP contribution is -2.54. The van der Waals surface area contributed by atoms with Gasteiger partial charge < -0.3 is 20.8 Å². The molecule has 0 spiro atoms. The first-order chi connectivity index (χ1) is 8.85. The van der Waals surface area contributed by atoms with Crippen LogP contribution in [0.1, 0.15) is 0 Å². The molecule has 106 valence electrons. The predicted molar refractivity (Wildman–Crippen MR) is 65.3 cm³/mol. The van der Waals surface area contributed by atoms with Crippen molar-refractivity contribution in [2.24, 2.45) is 12.8 Å². The number of aryl methyl sites for hydroxylation is 1. The summed E-state index contributed by atoms with van der Waals surface area (Å²) in [6.45, 7) is 0.174. The Kier molecular flexibility index (Phi) is 3.47. The fourth-order valence-electron chi connectivity index (χ4n) is 1.96. The third-order valence-corrected chi connectivity index (χ3v) is 4.91. The number of anilines is 1. The quantitative estimate of drug-likeness (QED) is 0.653. The van der Waals surface area contributed by atoms with Crippen LogP contribution in [0, 0.1) is 0 Å². The van der Waals surface area contributed by atoms with Crippen LogP contribution in [0.25, 0.3) is 0 Å². The second-order valence-corrected chi connectivity index (χ2v) is 5.96. The number of imidazole rings is 1. The van der Waals surface area contributed by atoms with Gasteiger partial charge in [-0.25, -0.2) is 13.4 Å². The first-order valence-corrected chi connectivity index (χ1v) is 6.95. The van der Waals surface area contributed by atoms with Crippen molar-refractivity contribution < 1.29 is 17.9 Å². The van der Waals surface area contributed by atoms with E-state index >= 15 is 0 Å². The van der Waals surface area contributed by atoms with E-state index in [-0.39, 0.29) is 30.6 Å². The van der Waals surface area contributed by atoms with Gasteiger partial charge in [0, 0.05) is 13.6 Å². The minimum absolute atomic E-state index is 0.0422. The molecule has 1 atom stereocenters. The molecule has 2 rings (SSSR count). The zero-order chi connectivity index (χ0) is 14.2. The van der Waals surface area contributed by atoms with Crippen molar-refractivity contribution in [1.29, 1.82) is 0 Å². The molecule has 2 heterocycles. The molecule has 0 saturated carbocycles. The summed E-state index contributed by atoms with van der Waals surface area (Å²) in [5.74, 6) is -0.874. The molecule has 1 aliphatic heterocycles. The number of ether oxygens (including phenoxy) is 1. The van der Waals surface area contributed by atoms with Crippen LogP contribution in [-0.4, -0.2) is 54.0 Å². The third kappa shape index (κ3) is 2.29. The minimum atomic E-state index is -3.95. The number of carbonyl (C=O) groups excluding carboxylic acids is 1. The highest BCUT2D eigenvalue weighted by Gasteiger charge is 2.39. The van der Waals surface area contributed by atoms with E-state index in [4.69, 9.17) is 16.2 Å². The number of amides is 1. The zero-order valence-electron chi connectivity index (χ0n) is 10.3. The lowest BCUT2D eigenvalue weighted by Gasteiger charge is -2.32. The topological polar surface area (TPSA) is 134 Å². The van der Waals surface area contributed by atoms with Gasteiger partial charge in [0.2, 0.25) is 5.91 Å². The molecular formula is C9H15N5O4S. The number of primary amides is 1. The summed E-state index contributed by atoms with van der Waals surface area (Å²) in [6, 6.07) is -1.03. The van der Waals surface area contributed by atoms with Crippen LogP contribution in [0.3, 0.4) is 0 Å². The molecule has 0 aromatic carbocycles. The van der Waals surface area contributed by atoms with Gasteiger partial charge in [0.05, 0.1) is 19.5 Å². The molecule has 1 aliphatic rings. The summed E-state index contributed by atoms with van der Waals surface area (Å²) in [5, 5.41) is -0.152. The molecular weight excluding hydrogens is 274 g/mol. The maximum Gasteiger partial charge on any atom is 0.263 e. The maximum absolute atomic E-state index is 12.5. The fourth-order valence-corrected chi connectivity index (χ4v) is 3.73. The highest BCUT2D eigenvalue weighted by molar-refractivity contribution is 7.89. The van der Waals surface area contributed by atoms with Gasteiger partial charge in [-0.05, 0) is 0 Å². The van der Waals surface area contributed by atoms with Crippen LogP contribution in [0.4, 0.5) is 5.82 Å². The van der Waals surface area contributed by atoms with Gasteiger partial charge in [-0.3, -0.25) is 4.79 Å². The molecule has 0 bridgehead atoms. The van der Waals surface area contributed by atoms with Crippen molar-refractivity contribution in [2.75, 3.05) is 25.5 Å². The van der Waals surface area contributed by atoms with Crippen LogP contribution >= 0.6 is 0 Å². The van der Waals surface area contributed by atoms with E-state index in [0.29, 0.717) is 0 Å². The van der Waals surface area contributed by atoms with Crippen LogP contribution in [0.2, 0.25) is 0 Å². The van der Waals surface area contributed by atoms with E-state index in [1.165, 1.54) is 17.9 Å². The smallest absolute Gasteiger partial charge is 0.263 e. The summed E-state index contributed by atoms with van der Waals surface area (Å²) < 4.78 is 32.4. The average molecular weight is 289 g/mol. The van der Waals surface area contributed by atoms with Crippen LogP contribution in [0.15, 0.2) is 11.4 Å². The van der Waals surface area contributed by atoms with Crippen LogP contribution < -0.4 is 11.5 Å². The Morgan fingerprint density at radius 2 is 2.26 bits per heavy atom. The highest BCUT2D eigenvalue weighted by atomic mass is 32.2. The van der Waals surface area contributed by atoms with Gasteiger partial charge in [-0.2, -0.15) is 4.31 Å². The Balaban J connectivity index is 2.46. The SMILES string of the molecule is Cn1cnc(N)c1S(=O)(=O)N1CCOCC1C(N)=O. The summed E-state index contributed by atoms with van der Waals surface area (Å²) in [4.78, 5) is 15.1. The van der Waals surface area contributed by atoms with Crippen molar-refractivity contribution in [3.8, 4) is 0 Å². The Morgan fingerprint density at radius 1 is 1.58 bits per heavy atom. The molecule has 10 heteroatoms. The van der Waals surface area contributed by atoms with Gasteiger partial charge in [0.1, 0.15) is 6.04 Å². The molecule has 1 unspecified atom stereocenters. The summed E-state index contributed by atoms with van der Waals surface area (Å²) in [5.41, 5.74) is 10.8. The predicted octanol–water partition coefficient (Wildman–Crippen LogP) is -2.12. The summed E-state index contributed by atoms with van der Waals surface area (Å²) in [7, 11) is -2.44. The highest BCUT2D eigenvalue weighted by Crippen LogP contribution is 2.23. The van der Waals surface area contributed by atoms with E-state index < -0.39 is 22.0 Å². The molecule has 0 radical (unpaired) electrons. The Bertz CT molecular complexity index is 576. The molecule has 1 amide bonds. The number of morpholine rings is 1. The lowest BCUT2D eigenvalue weighted by molar-refractivity contribution is -0.125. The number of hydrogen-bond donors (Lipinski definition) is 2. The molecule has 4 N–H and O–H groups in total. The molecule has 1 aromatic heterocycles. The summed E-state index contributed by atoms with van der Waals surface area (Å²) in [6.07, 6.45) is 1.29. The van der Waals surface area contributed by atoms with Crippen molar-refractivity contribution in [3.05, 3.63) is 6.33 Å². The van der Waals surface area contributed by atoms with Crippen molar-refractivity contribution in [2.45, 2.75) is 11.1 Å². The number of nitrogen functional groups attached to an aromatic ring is 1. The Morgan fingerprint density at radius 3 is 2.79 bits per heavy atom. The number of carbonyl (C=O) groups is 1. The van der Waals surface area contributed by atoms with E-state index in [9.17, 15) is 13.2 Å². The van der Waals surface area contributed by atoms with E-state index in [1.807, 2.05) is 0 Å². The van der Waals surface area contributed by atoms with Crippen molar-refractivity contribution in [3.63, 3.8) is 0 Å². The maximum atomic E-state index is 12.5.